The van der Waals surface area contributed by atoms with Crippen LogP contribution in [-0.2, 0) is 19.6 Å². The maximum absolute atomic E-state index is 12.7. The molecule has 0 unspecified atom stereocenters. The summed E-state index contributed by atoms with van der Waals surface area (Å²) in [4.78, 5) is 29.8. The van der Waals surface area contributed by atoms with Crippen LogP contribution in [0.15, 0.2) is 30.3 Å². The number of nitrogens with one attached hydrogen (secondary N) is 1. The van der Waals surface area contributed by atoms with Gasteiger partial charge in [0.05, 0.1) is 24.5 Å². The van der Waals surface area contributed by atoms with Crippen molar-refractivity contribution in [3.63, 3.8) is 0 Å². The number of aromatic nitrogens is 1. The van der Waals surface area contributed by atoms with Gasteiger partial charge in [-0.2, -0.15) is 0 Å². The van der Waals surface area contributed by atoms with Gasteiger partial charge in [-0.05, 0) is 19.8 Å². The summed E-state index contributed by atoms with van der Waals surface area (Å²) in [6, 6.07) is 9.19. The molecule has 156 valence electrons. The molecule has 29 heavy (non-hydrogen) atoms. The van der Waals surface area contributed by atoms with E-state index in [2.05, 4.69) is 10.3 Å². The SMILES string of the molecule is CCOC(=O)c1sc(NC(=O)[C@@H]2CCCN(S(C)(=O)=O)C2)nc1-c1ccccc1. The zero-order valence-corrected chi connectivity index (χ0v) is 17.9. The first kappa shape index (κ1) is 21.4. The summed E-state index contributed by atoms with van der Waals surface area (Å²) in [6.45, 7) is 2.52. The molecule has 0 radical (unpaired) electrons. The van der Waals surface area contributed by atoms with Crippen molar-refractivity contribution in [2.75, 3.05) is 31.3 Å². The number of hydrogen-bond acceptors (Lipinski definition) is 7. The lowest BCUT2D eigenvalue weighted by molar-refractivity contribution is -0.120. The number of amides is 1. The summed E-state index contributed by atoms with van der Waals surface area (Å²) in [6.07, 6.45) is 2.36. The molecule has 1 N–H and O–H groups in total. The maximum atomic E-state index is 12.7. The van der Waals surface area contributed by atoms with Crippen molar-refractivity contribution in [2.24, 2.45) is 5.92 Å². The van der Waals surface area contributed by atoms with E-state index < -0.39 is 21.9 Å². The van der Waals surface area contributed by atoms with Gasteiger partial charge in [-0.25, -0.2) is 22.5 Å². The van der Waals surface area contributed by atoms with Crippen LogP contribution in [0.1, 0.15) is 29.4 Å². The molecule has 10 heteroatoms. The van der Waals surface area contributed by atoms with Gasteiger partial charge in [0.15, 0.2) is 5.13 Å². The minimum absolute atomic E-state index is 0.145. The van der Waals surface area contributed by atoms with E-state index in [-0.39, 0.29) is 24.2 Å². The first-order valence-corrected chi connectivity index (χ1v) is 12.0. The van der Waals surface area contributed by atoms with Crippen molar-refractivity contribution >= 4 is 38.4 Å². The number of sulfonamides is 1. The molecule has 1 amide bonds. The Balaban J connectivity index is 1.82. The van der Waals surface area contributed by atoms with Gasteiger partial charge < -0.3 is 10.1 Å². The first-order valence-electron chi connectivity index (χ1n) is 9.29. The van der Waals surface area contributed by atoms with Gasteiger partial charge in [0.1, 0.15) is 4.88 Å². The predicted molar refractivity (Wildman–Crippen MR) is 111 cm³/mol. The zero-order chi connectivity index (χ0) is 21.0. The largest absolute Gasteiger partial charge is 0.462 e. The highest BCUT2D eigenvalue weighted by Crippen LogP contribution is 2.32. The molecule has 1 atom stereocenters. The number of carbonyl (C=O) groups excluding carboxylic acids is 2. The summed E-state index contributed by atoms with van der Waals surface area (Å²) < 4.78 is 30.0. The second-order valence-electron chi connectivity index (χ2n) is 6.73. The Morgan fingerprint density at radius 1 is 1.31 bits per heavy atom. The molecule has 1 aromatic heterocycles. The van der Waals surface area contributed by atoms with Gasteiger partial charge in [-0.3, -0.25) is 4.79 Å². The van der Waals surface area contributed by atoms with Crippen LogP contribution in [0.3, 0.4) is 0 Å². The fraction of sp³-hybridized carbons (Fsp3) is 0.421. The highest BCUT2D eigenvalue weighted by atomic mass is 32.2. The summed E-state index contributed by atoms with van der Waals surface area (Å²) in [7, 11) is -3.34. The van der Waals surface area contributed by atoms with E-state index in [1.54, 1.807) is 6.92 Å². The molecule has 0 saturated carbocycles. The fourth-order valence-electron chi connectivity index (χ4n) is 3.17. The minimum atomic E-state index is -3.34. The Kier molecular flexibility index (Phi) is 6.66. The lowest BCUT2D eigenvalue weighted by Gasteiger charge is -2.29. The molecule has 1 aromatic carbocycles. The molecule has 2 aromatic rings. The number of rotatable bonds is 6. The smallest absolute Gasteiger partial charge is 0.350 e. The van der Waals surface area contributed by atoms with E-state index in [9.17, 15) is 18.0 Å². The van der Waals surface area contributed by atoms with Crippen molar-refractivity contribution in [1.82, 2.24) is 9.29 Å². The normalized spacial score (nSPS) is 17.7. The molecular weight excluding hydrogens is 414 g/mol. The lowest BCUT2D eigenvalue weighted by Crippen LogP contribution is -2.43. The summed E-state index contributed by atoms with van der Waals surface area (Å²) >= 11 is 1.05. The van der Waals surface area contributed by atoms with E-state index in [0.717, 1.165) is 23.2 Å². The number of ether oxygens (including phenoxy) is 1. The van der Waals surface area contributed by atoms with E-state index >= 15 is 0 Å². The Bertz CT molecular complexity index is 989. The Hall–Kier alpha value is -2.30. The van der Waals surface area contributed by atoms with Gasteiger partial charge in [-0.1, -0.05) is 41.7 Å². The Labute approximate surface area is 173 Å². The first-order chi connectivity index (χ1) is 13.8. The molecule has 1 saturated heterocycles. The fourth-order valence-corrected chi connectivity index (χ4v) is 4.96. The number of thiazole rings is 1. The van der Waals surface area contributed by atoms with Crippen LogP contribution in [0.25, 0.3) is 11.3 Å². The number of piperidine rings is 1. The topological polar surface area (TPSA) is 106 Å². The van der Waals surface area contributed by atoms with Crippen molar-refractivity contribution in [3.8, 4) is 11.3 Å². The van der Waals surface area contributed by atoms with E-state index in [0.29, 0.717) is 30.0 Å². The molecule has 1 fully saturated rings. The molecule has 3 rings (SSSR count). The molecule has 1 aliphatic heterocycles. The van der Waals surface area contributed by atoms with Crippen molar-refractivity contribution in [2.45, 2.75) is 19.8 Å². The highest BCUT2D eigenvalue weighted by molar-refractivity contribution is 7.88. The third-order valence-electron chi connectivity index (χ3n) is 4.59. The van der Waals surface area contributed by atoms with Crippen molar-refractivity contribution in [3.05, 3.63) is 35.2 Å². The number of hydrogen-bond donors (Lipinski definition) is 1. The molecule has 0 bridgehead atoms. The summed E-state index contributed by atoms with van der Waals surface area (Å²) in [5, 5.41) is 3.04. The van der Waals surface area contributed by atoms with Gasteiger partial charge in [0.2, 0.25) is 15.9 Å². The van der Waals surface area contributed by atoms with E-state index in [1.807, 2.05) is 30.3 Å². The Morgan fingerprint density at radius 2 is 2.03 bits per heavy atom. The van der Waals surface area contributed by atoms with E-state index in [1.165, 1.54) is 4.31 Å². The maximum Gasteiger partial charge on any atom is 0.350 e. The predicted octanol–water partition coefficient (Wildman–Crippen LogP) is 2.60. The zero-order valence-electron chi connectivity index (χ0n) is 16.3. The lowest BCUT2D eigenvalue weighted by atomic mass is 9.99. The highest BCUT2D eigenvalue weighted by Gasteiger charge is 2.31. The molecular formula is C19H23N3O5S2. The van der Waals surface area contributed by atoms with Crippen LogP contribution in [0.5, 0.6) is 0 Å². The molecule has 2 heterocycles. The van der Waals surface area contributed by atoms with Crippen LogP contribution < -0.4 is 5.32 Å². The van der Waals surface area contributed by atoms with Crippen LogP contribution in [0.4, 0.5) is 5.13 Å². The Morgan fingerprint density at radius 3 is 2.69 bits per heavy atom. The monoisotopic (exact) mass is 437 g/mol. The second kappa shape index (κ2) is 9.02. The number of carbonyl (C=O) groups is 2. The van der Waals surface area contributed by atoms with Crippen LogP contribution >= 0.6 is 11.3 Å². The number of nitrogens with zero attached hydrogens (tertiary/aromatic N) is 2. The van der Waals surface area contributed by atoms with Gasteiger partial charge >= 0.3 is 5.97 Å². The summed E-state index contributed by atoms with van der Waals surface area (Å²) in [5.41, 5.74) is 1.19. The minimum Gasteiger partial charge on any atom is -0.462 e. The van der Waals surface area contributed by atoms with Crippen molar-refractivity contribution in [1.29, 1.82) is 0 Å². The third kappa shape index (κ3) is 5.20. The molecule has 0 aliphatic carbocycles. The van der Waals surface area contributed by atoms with Crippen LogP contribution in [0, 0.1) is 5.92 Å². The number of benzene rings is 1. The van der Waals surface area contributed by atoms with Crippen LogP contribution in [0.2, 0.25) is 0 Å². The standard InChI is InChI=1S/C19H23N3O5S2/c1-3-27-18(24)16-15(13-8-5-4-6-9-13)20-19(28-16)21-17(23)14-10-7-11-22(12-14)29(2,25)26/h4-6,8-9,14H,3,7,10-12H2,1-2H3,(H,20,21,23)/t14-/m1/s1. The molecule has 0 spiro atoms. The third-order valence-corrected chi connectivity index (χ3v) is 6.81. The quantitative estimate of drug-likeness (QED) is 0.697. The average molecular weight is 438 g/mol. The molecule has 8 nitrogen and oxygen atoms in total. The number of anilines is 1. The van der Waals surface area contributed by atoms with Crippen LogP contribution in [-0.4, -0.2) is 55.5 Å². The average Bonchev–Trinajstić information content (AvgIpc) is 3.12. The second-order valence-corrected chi connectivity index (χ2v) is 9.71. The van der Waals surface area contributed by atoms with E-state index in [4.69, 9.17) is 4.74 Å². The summed E-state index contributed by atoms with van der Waals surface area (Å²) in [5.74, 6) is -1.26. The van der Waals surface area contributed by atoms with Gasteiger partial charge in [0, 0.05) is 18.7 Å². The molecule has 1 aliphatic rings. The van der Waals surface area contributed by atoms with Gasteiger partial charge in [0.25, 0.3) is 0 Å². The van der Waals surface area contributed by atoms with Crippen molar-refractivity contribution < 1.29 is 22.7 Å². The number of esters is 1. The van der Waals surface area contributed by atoms with Gasteiger partial charge in [-0.15, -0.1) is 0 Å².